The fourth-order valence-corrected chi connectivity index (χ4v) is 2.45. The van der Waals surface area contributed by atoms with Gasteiger partial charge < -0.3 is 4.74 Å². The molecule has 1 rings (SSSR count). The van der Waals surface area contributed by atoms with Crippen LogP contribution in [0.2, 0.25) is 0 Å². The third kappa shape index (κ3) is 4.07. The van der Waals surface area contributed by atoms with Crippen molar-refractivity contribution in [3.05, 3.63) is 35.9 Å². The zero-order valence-electron chi connectivity index (χ0n) is 13.3. The molecule has 1 unspecified atom stereocenters. The van der Waals surface area contributed by atoms with Crippen LogP contribution in [0.3, 0.4) is 0 Å². The van der Waals surface area contributed by atoms with E-state index in [-0.39, 0.29) is 5.97 Å². The molecule has 0 aliphatic carbocycles. The van der Waals surface area contributed by atoms with Crippen molar-refractivity contribution in [2.24, 2.45) is 11.8 Å². The number of nitrogens with one attached hydrogen (secondary N) is 1. The highest BCUT2D eigenvalue weighted by molar-refractivity contribution is 5.82. The molecular formula is C17H27NO2. The molecule has 0 saturated carbocycles. The van der Waals surface area contributed by atoms with Gasteiger partial charge in [0.25, 0.3) is 0 Å². The van der Waals surface area contributed by atoms with Crippen LogP contribution in [0.15, 0.2) is 30.3 Å². The molecule has 0 heterocycles. The Morgan fingerprint density at radius 2 is 1.75 bits per heavy atom. The van der Waals surface area contributed by atoms with Gasteiger partial charge in [0.1, 0.15) is 5.54 Å². The first-order chi connectivity index (χ1) is 9.42. The first-order valence-corrected chi connectivity index (χ1v) is 7.31. The van der Waals surface area contributed by atoms with Gasteiger partial charge in [0, 0.05) is 0 Å². The number of carbonyl (C=O) groups is 1. The van der Waals surface area contributed by atoms with Crippen molar-refractivity contribution >= 4 is 5.97 Å². The zero-order chi connectivity index (χ0) is 15.2. The van der Waals surface area contributed by atoms with Crippen molar-refractivity contribution in [2.45, 2.75) is 39.7 Å². The number of hydrogen-bond donors (Lipinski definition) is 1. The molecule has 1 aromatic carbocycles. The summed E-state index contributed by atoms with van der Waals surface area (Å²) in [5.41, 5.74) is 0.218. The van der Waals surface area contributed by atoms with E-state index in [2.05, 4.69) is 33.0 Å². The minimum Gasteiger partial charge on any atom is -0.467 e. The van der Waals surface area contributed by atoms with Crippen LogP contribution in [-0.2, 0) is 15.1 Å². The average molecular weight is 277 g/mol. The smallest absolute Gasteiger partial charge is 0.330 e. The van der Waals surface area contributed by atoms with Gasteiger partial charge in [-0.2, -0.15) is 0 Å². The molecule has 0 aromatic heterocycles. The van der Waals surface area contributed by atoms with Crippen LogP contribution in [0.5, 0.6) is 0 Å². The van der Waals surface area contributed by atoms with Crippen molar-refractivity contribution in [3.8, 4) is 0 Å². The van der Waals surface area contributed by atoms with Gasteiger partial charge in [-0.25, -0.2) is 4.79 Å². The molecule has 20 heavy (non-hydrogen) atoms. The summed E-state index contributed by atoms with van der Waals surface area (Å²) >= 11 is 0. The van der Waals surface area contributed by atoms with E-state index in [4.69, 9.17) is 4.74 Å². The van der Waals surface area contributed by atoms with Crippen LogP contribution in [-0.4, -0.2) is 19.6 Å². The van der Waals surface area contributed by atoms with Crippen LogP contribution >= 0.6 is 0 Å². The van der Waals surface area contributed by atoms with Crippen molar-refractivity contribution < 1.29 is 9.53 Å². The number of benzene rings is 1. The SMILES string of the molecule is COC(=O)C(CC(C)C)(NCC(C)C)c1ccccc1. The lowest BCUT2D eigenvalue weighted by Crippen LogP contribution is -2.52. The molecule has 0 spiro atoms. The molecule has 1 N–H and O–H groups in total. The van der Waals surface area contributed by atoms with E-state index in [0.717, 1.165) is 18.5 Å². The molecule has 0 saturated heterocycles. The molecule has 3 heteroatoms. The number of carbonyl (C=O) groups excluding carboxylic acids is 1. The third-order valence-electron chi connectivity index (χ3n) is 3.33. The second-order valence-corrected chi connectivity index (χ2v) is 6.14. The Bertz CT molecular complexity index is 414. The van der Waals surface area contributed by atoms with Gasteiger partial charge in [0.05, 0.1) is 7.11 Å². The van der Waals surface area contributed by atoms with Crippen LogP contribution in [0.4, 0.5) is 0 Å². The summed E-state index contributed by atoms with van der Waals surface area (Å²) in [7, 11) is 1.46. The number of rotatable bonds is 7. The minimum atomic E-state index is -0.756. The molecule has 112 valence electrons. The van der Waals surface area contributed by atoms with Gasteiger partial charge in [-0.05, 0) is 30.4 Å². The molecule has 0 aliphatic heterocycles. The Labute approximate surface area is 122 Å². The molecule has 0 bridgehead atoms. The normalized spacial score (nSPS) is 14.3. The van der Waals surface area contributed by atoms with Crippen LogP contribution in [0.1, 0.15) is 39.7 Å². The summed E-state index contributed by atoms with van der Waals surface area (Å²) in [6.07, 6.45) is 0.719. The lowest BCUT2D eigenvalue weighted by Gasteiger charge is -2.35. The predicted molar refractivity (Wildman–Crippen MR) is 82.4 cm³/mol. The largest absolute Gasteiger partial charge is 0.467 e. The van der Waals surface area contributed by atoms with Crippen molar-refractivity contribution in [2.75, 3.05) is 13.7 Å². The molecule has 1 aromatic rings. The fourth-order valence-electron chi connectivity index (χ4n) is 2.45. The maximum absolute atomic E-state index is 12.5. The molecule has 3 nitrogen and oxygen atoms in total. The summed E-state index contributed by atoms with van der Waals surface area (Å²) < 4.78 is 5.10. The van der Waals surface area contributed by atoms with Gasteiger partial charge >= 0.3 is 5.97 Å². The van der Waals surface area contributed by atoms with E-state index in [1.54, 1.807) is 0 Å². The molecule has 0 amide bonds. The van der Waals surface area contributed by atoms with Gasteiger partial charge in [-0.3, -0.25) is 5.32 Å². The predicted octanol–water partition coefficient (Wildman–Crippen LogP) is 3.35. The van der Waals surface area contributed by atoms with Crippen molar-refractivity contribution in [1.29, 1.82) is 0 Å². The molecular weight excluding hydrogens is 250 g/mol. The van der Waals surface area contributed by atoms with Crippen LogP contribution < -0.4 is 5.32 Å². The van der Waals surface area contributed by atoms with Crippen LogP contribution in [0.25, 0.3) is 0 Å². The topological polar surface area (TPSA) is 38.3 Å². The zero-order valence-corrected chi connectivity index (χ0v) is 13.3. The fraction of sp³-hybridized carbons (Fsp3) is 0.588. The average Bonchev–Trinajstić information content (AvgIpc) is 2.43. The first-order valence-electron chi connectivity index (χ1n) is 7.31. The highest BCUT2D eigenvalue weighted by Gasteiger charge is 2.41. The van der Waals surface area contributed by atoms with E-state index >= 15 is 0 Å². The second-order valence-electron chi connectivity index (χ2n) is 6.14. The van der Waals surface area contributed by atoms with Crippen molar-refractivity contribution in [3.63, 3.8) is 0 Å². The van der Waals surface area contributed by atoms with E-state index in [9.17, 15) is 4.79 Å². The van der Waals surface area contributed by atoms with Gasteiger partial charge in [-0.15, -0.1) is 0 Å². The van der Waals surface area contributed by atoms with Crippen molar-refractivity contribution in [1.82, 2.24) is 5.32 Å². The second kappa shape index (κ2) is 7.44. The highest BCUT2D eigenvalue weighted by Crippen LogP contribution is 2.30. The molecule has 1 atom stereocenters. The van der Waals surface area contributed by atoms with E-state index in [1.807, 2.05) is 30.3 Å². The molecule has 0 radical (unpaired) electrons. The Morgan fingerprint density at radius 1 is 1.15 bits per heavy atom. The maximum Gasteiger partial charge on any atom is 0.330 e. The quantitative estimate of drug-likeness (QED) is 0.777. The lowest BCUT2D eigenvalue weighted by atomic mass is 9.82. The summed E-state index contributed by atoms with van der Waals surface area (Å²) in [6, 6.07) is 9.87. The number of methoxy groups -OCH3 is 1. The summed E-state index contributed by atoms with van der Waals surface area (Å²) in [6.45, 7) is 9.29. The Morgan fingerprint density at radius 3 is 2.20 bits per heavy atom. The van der Waals surface area contributed by atoms with Gasteiger partial charge in [0.15, 0.2) is 0 Å². The highest BCUT2D eigenvalue weighted by atomic mass is 16.5. The number of hydrogen-bond acceptors (Lipinski definition) is 3. The Balaban J connectivity index is 3.21. The Kier molecular flexibility index (Phi) is 6.21. The third-order valence-corrected chi connectivity index (χ3v) is 3.33. The summed E-state index contributed by atoms with van der Waals surface area (Å²) in [5, 5.41) is 3.46. The molecule has 0 aliphatic rings. The van der Waals surface area contributed by atoms with Crippen LogP contribution in [0, 0.1) is 11.8 Å². The number of ether oxygens (including phenoxy) is 1. The van der Waals surface area contributed by atoms with Gasteiger partial charge in [0.2, 0.25) is 0 Å². The monoisotopic (exact) mass is 277 g/mol. The van der Waals surface area contributed by atoms with E-state index in [0.29, 0.717) is 11.8 Å². The standard InChI is InChI=1S/C17H27NO2/c1-13(2)11-17(16(19)20-5,18-12-14(3)4)15-9-7-6-8-10-15/h6-10,13-14,18H,11-12H2,1-5H3. The minimum absolute atomic E-state index is 0.210. The number of esters is 1. The maximum atomic E-state index is 12.5. The summed E-state index contributed by atoms with van der Waals surface area (Å²) in [4.78, 5) is 12.5. The van der Waals surface area contributed by atoms with E-state index in [1.165, 1.54) is 7.11 Å². The van der Waals surface area contributed by atoms with Gasteiger partial charge in [-0.1, -0.05) is 58.0 Å². The van der Waals surface area contributed by atoms with E-state index < -0.39 is 5.54 Å². The lowest BCUT2D eigenvalue weighted by molar-refractivity contribution is -0.150. The molecule has 0 fully saturated rings. The first kappa shape index (κ1) is 16.7. The Hall–Kier alpha value is -1.35. The summed E-state index contributed by atoms with van der Waals surface area (Å²) in [5.74, 6) is 0.641.